The van der Waals surface area contributed by atoms with Crippen molar-refractivity contribution in [3.05, 3.63) is 187 Å². The molecule has 41 heavy (non-hydrogen) atoms. The van der Waals surface area contributed by atoms with Crippen molar-refractivity contribution in [2.75, 3.05) is 0 Å². The molecular formula is C37H24Cl4. The van der Waals surface area contributed by atoms with Crippen LogP contribution in [0.5, 0.6) is 0 Å². The Bertz CT molecular complexity index is 1740. The van der Waals surface area contributed by atoms with Gasteiger partial charge in [-0.3, -0.25) is 0 Å². The zero-order valence-corrected chi connectivity index (χ0v) is 24.9. The Morgan fingerprint density at radius 1 is 0.488 bits per heavy atom. The molecule has 0 spiro atoms. The molecule has 200 valence electrons. The van der Waals surface area contributed by atoms with Crippen LogP contribution in [0.3, 0.4) is 0 Å². The van der Waals surface area contributed by atoms with Crippen molar-refractivity contribution >= 4 is 57.5 Å². The monoisotopic (exact) mass is 608 g/mol. The van der Waals surface area contributed by atoms with Crippen LogP contribution >= 0.6 is 46.4 Å². The lowest BCUT2D eigenvalue weighted by molar-refractivity contribution is 0.988. The number of rotatable bonds is 5. The van der Waals surface area contributed by atoms with Crippen molar-refractivity contribution in [3.63, 3.8) is 0 Å². The third-order valence-electron chi connectivity index (χ3n) is 7.30. The van der Waals surface area contributed by atoms with Crippen LogP contribution in [-0.2, 0) is 0 Å². The van der Waals surface area contributed by atoms with E-state index in [0.717, 1.165) is 44.5 Å². The summed E-state index contributed by atoms with van der Waals surface area (Å²) in [6.07, 6.45) is 0. The second-order valence-electron chi connectivity index (χ2n) is 9.78. The van der Waals surface area contributed by atoms with Crippen LogP contribution in [0.1, 0.15) is 28.2 Å². The van der Waals surface area contributed by atoms with Crippen LogP contribution in [0.2, 0.25) is 5.02 Å². The Balaban J connectivity index is 1.66. The summed E-state index contributed by atoms with van der Waals surface area (Å²) in [6, 6.07) is 46.7. The highest BCUT2D eigenvalue weighted by atomic mass is 35.5. The molecule has 0 amide bonds. The van der Waals surface area contributed by atoms with Gasteiger partial charge < -0.3 is 0 Å². The summed E-state index contributed by atoms with van der Waals surface area (Å²) < 4.78 is 0. The van der Waals surface area contributed by atoms with Gasteiger partial charge in [0.1, 0.15) is 0 Å². The van der Waals surface area contributed by atoms with E-state index in [1.54, 1.807) is 0 Å². The SMILES string of the molecule is ClC1=C(c2ccc(-c3ccccc3)cc2Cl)C(Cl)=C(Cl)C(c2ccccc2)C1=C(c1ccccc1)c1ccccc1. The first-order valence-electron chi connectivity index (χ1n) is 13.3. The van der Waals surface area contributed by atoms with Gasteiger partial charge in [-0.15, -0.1) is 0 Å². The quantitative estimate of drug-likeness (QED) is 0.186. The maximum Gasteiger partial charge on any atom is 0.0654 e. The maximum atomic E-state index is 7.50. The van der Waals surface area contributed by atoms with Gasteiger partial charge in [0.2, 0.25) is 0 Å². The summed E-state index contributed by atoms with van der Waals surface area (Å²) in [6.45, 7) is 0. The molecule has 1 aliphatic rings. The molecule has 0 saturated carbocycles. The fourth-order valence-corrected chi connectivity index (χ4v) is 6.75. The summed E-state index contributed by atoms with van der Waals surface area (Å²) >= 11 is 28.8. The minimum absolute atomic E-state index is 0.376. The lowest BCUT2D eigenvalue weighted by atomic mass is 9.78. The topological polar surface area (TPSA) is 0 Å². The molecule has 0 nitrogen and oxygen atoms in total. The van der Waals surface area contributed by atoms with Crippen LogP contribution in [0.15, 0.2) is 160 Å². The first-order valence-corrected chi connectivity index (χ1v) is 14.8. The summed E-state index contributed by atoms with van der Waals surface area (Å²) in [5.41, 5.74) is 8.34. The Hall–Kier alpha value is -3.52. The Kier molecular flexibility index (Phi) is 8.19. The van der Waals surface area contributed by atoms with E-state index in [0.29, 0.717) is 25.7 Å². The summed E-state index contributed by atoms with van der Waals surface area (Å²) in [5.74, 6) is -0.376. The smallest absolute Gasteiger partial charge is 0.0654 e. The van der Waals surface area contributed by atoms with Crippen LogP contribution < -0.4 is 0 Å². The van der Waals surface area contributed by atoms with Crippen LogP contribution in [-0.4, -0.2) is 0 Å². The van der Waals surface area contributed by atoms with E-state index < -0.39 is 0 Å². The minimum atomic E-state index is -0.376. The predicted octanol–water partition coefficient (Wildman–Crippen LogP) is 11.9. The zero-order chi connectivity index (χ0) is 28.3. The molecule has 0 radical (unpaired) electrons. The molecule has 5 aromatic rings. The van der Waals surface area contributed by atoms with Crippen molar-refractivity contribution in [1.82, 2.24) is 0 Å². The summed E-state index contributed by atoms with van der Waals surface area (Å²) in [7, 11) is 0. The number of allylic oxidation sites excluding steroid dienone is 5. The van der Waals surface area contributed by atoms with Crippen molar-refractivity contribution in [2.24, 2.45) is 0 Å². The molecule has 5 aromatic carbocycles. The Labute approximate surface area is 260 Å². The zero-order valence-electron chi connectivity index (χ0n) is 21.9. The van der Waals surface area contributed by atoms with Gasteiger partial charge in [-0.2, -0.15) is 0 Å². The van der Waals surface area contributed by atoms with E-state index in [1.807, 2.05) is 91.0 Å². The molecule has 0 aromatic heterocycles. The average molecular weight is 610 g/mol. The summed E-state index contributed by atoms with van der Waals surface area (Å²) in [4.78, 5) is 0. The van der Waals surface area contributed by atoms with Crippen molar-refractivity contribution in [3.8, 4) is 11.1 Å². The van der Waals surface area contributed by atoms with Crippen molar-refractivity contribution in [1.29, 1.82) is 0 Å². The lowest BCUT2D eigenvalue weighted by Crippen LogP contribution is -2.14. The van der Waals surface area contributed by atoms with Gasteiger partial charge in [0.15, 0.2) is 0 Å². The predicted molar refractivity (Wildman–Crippen MR) is 176 cm³/mol. The van der Waals surface area contributed by atoms with E-state index in [9.17, 15) is 0 Å². The highest BCUT2D eigenvalue weighted by Crippen LogP contribution is 2.55. The molecule has 0 bridgehead atoms. The molecule has 6 rings (SSSR count). The van der Waals surface area contributed by atoms with Gasteiger partial charge in [-0.25, -0.2) is 0 Å². The van der Waals surface area contributed by atoms with Crippen LogP contribution in [0.4, 0.5) is 0 Å². The van der Waals surface area contributed by atoms with E-state index in [-0.39, 0.29) is 5.92 Å². The van der Waals surface area contributed by atoms with Crippen LogP contribution in [0, 0.1) is 0 Å². The minimum Gasteiger partial charge on any atom is -0.0865 e. The lowest BCUT2D eigenvalue weighted by Gasteiger charge is -2.31. The molecule has 0 N–H and O–H groups in total. The van der Waals surface area contributed by atoms with Crippen LogP contribution in [0.25, 0.3) is 22.3 Å². The molecule has 1 unspecified atom stereocenters. The Morgan fingerprint density at radius 3 is 1.54 bits per heavy atom. The van der Waals surface area contributed by atoms with Gasteiger partial charge in [-0.1, -0.05) is 180 Å². The standard InChI is InChI=1S/C37H24Cl4/c38-30-23-28(24-13-5-1-6-14-24)21-22-29(30)33-35(39)34(32(36(40)37(33)41)27-19-11-4-12-20-27)31(25-15-7-2-8-16-25)26-17-9-3-10-18-26/h1-23,32H. The third-order valence-corrected chi connectivity index (χ3v) is 8.90. The molecule has 0 saturated heterocycles. The molecule has 1 atom stereocenters. The van der Waals surface area contributed by atoms with Gasteiger partial charge in [-0.05, 0) is 45.0 Å². The van der Waals surface area contributed by atoms with Gasteiger partial charge in [0.25, 0.3) is 0 Å². The molecule has 0 fully saturated rings. The second kappa shape index (κ2) is 12.1. The molecule has 4 heteroatoms. The number of hydrogen-bond donors (Lipinski definition) is 0. The fraction of sp³-hybridized carbons (Fsp3) is 0.0270. The number of benzene rings is 5. The molecule has 0 aliphatic heterocycles. The summed E-state index contributed by atoms with van der Waals surface area (Å²) in [5, 5.41) is 1.95. The second-order valence-corrected chi connectivity index (χ2v) is 11.3. The van der Waals surface area contributed by atoms with E-state index >= 15 is 0 Å². The average Bonchev–Trinajstić information content (AvgIpc) is 3.02. The normalized spacial score (nSPS) is 15.3. The maximum absolute atomic E-state index is 7.50. The largest absolute Gasteiger partial charge is 0.0865 e. The molecule has 1 aliphatic carbocycles. The first kappa shape index (κ1) is 27.6. The van der Waals surface area contributed by atoms with E-state index in [2.05, 4.69) is 48.5 Å². The number of halogens is 4. The highest BCUT2D eigenvalue weighted by Gasteiger charge is 2.36. The number of hydrogen-bond acceptors (Lipinski definition) is 0. The molecule has 0 heterocycles. The highest BCUT2D eigenvalue weighted by molar-refractivity contribution is 6.50. The van der Waals surface area contributed by atoms with Crippen molar-refractivity contribution in [2.45, 2.75) is 5.92 Å². The molecular weight excluding hydrogens is 586 g/mol. The Morgan fingerprint density at radius 2 is 1.00 bits per heavy atom. The van der Waals surface area contributed by atoms with Crippen molar-refractivity contribution < 1.29 is 0 Å². The van der Waals surface area contributed by atoms with E-state index in [1.165, 1.54) is 0 Å². The van der Waals surface area contributed by atoms with Gasteiger partial charge in [0, 0.05) is 27.1 Å². The van der Waals surface area contributed by atoms with Gasteiger partial charge in [0.05, 0.1) is 10.1 Å². The third kappa shape index (κ3) is 5.42. The van der Waals surface area contributed by atoms with Gasteiger partial charge >= 0.3 is 0 Å². The van der Waals surface area contributed by atoms with E-state index in [4.69, 9.17) is 46.4 Å². The first-order chi connectivity index (χ1) is 20.0. The fourth-order valence-electron chi connectivity index (χ4n) is 5.39.